The number of hydrogen-bond acceptors (Lipinski definition) is 7. The quantitative estimate of drug-likeness (QED) is 0.405. The molecule has 0 fully saturated rings. The molecule has 0 aliphatic carbocycles. The molecule has 1 aromatic carbocycles. The van der Waals surface area contributed by atoms with E-state index >= 15 is 0 Å². The SMILES string of the molecule is CCCOC(=O)c1ccc(NC(=O)COC(=O)/C=C/C(=O)OCC)cc1. The Hall–Kier alpha value is -3.16. The van der Waals surface area contributed by atoms with E-state index in [1.54, 1.807) is 6.92 Å². The zero-order chi connectivity index (χ0) is 19.4. The molecule has 0 saturated carbocycles. The second-order valence-electron chi connectivity index (χ2n) is 4.95. The van der Waals surface area contributed by atoms with E-state index in [9.17, 15) is 19.2 Å². The van der Waals surface area contributed by atoms with Crippen molar-refractivity contribution in [2.24, 2.45) is 0 Å². The highest BCUT2D eigenvalue weighted by atomic mass is 16.5. The lowest BCUT2D eigenvalue weighted by Gasteiger charge is -2.07. The van der Waals surface area contributed by atoms with E-state index in [1.165, 1.54) is 24.3 Å². The van der Waals surface area contributed by atoms with Gasteiger partial charge in [-0.05, 0) is 37.6 Å². The molecule has 0 heterocycles. The molecule has 0 aromatic heterocycles. The van der Waals surface area contributed by atoms with Gasteiger partial charge < -0.3 is 19.5 Å². The van der Waals surface area contributed by atoms with Crippen LogP contribution in [-0.4, -0.2) is 43.6 Å². The predicted octanol–water partition coefficient (Wildman–Crippen LogP) is 1.85. The molecule has 1 amide bonds. The fourth-order valence-corrected chi connectivity index (χ4v) is 1.68. The summed E-state index contributed by atoms with van der Waals surface area (Å²) >= 11 is 0. The van der Waals surface area contributed by atoms with Crippen LogP contribution in [-0.2, 0) is 28.6 Å². The van der Waals surface area contributed by atoms with Crippen molar-refractivity contribution in [2.45, 2.75) is 20.3 Å². The molecule has 0 bridgehead atoms. The summed E-state index contributed by atoms with van der Waals surface area (Å²) in [5.41, 5.74) is 0.798. The third kappa shape index (κ3) is 8.09. The molecule has 26 heavy (non-hydrogen) atoms. The largest absolute Gasteiger partial charge is 0.463 e. The normalized spacial score (nSPS) is 10.2. The Balaban J connectivity index is 2.42. The maximum atomic E-state index is 11.7. The van der Waals surface area contributed by atoms with Gasteiger partial charge in [-0.3, -0.25) is 4.79 Å². The summed E-state index contributed by atoms with van der Waals surface area (Å²) in [5.74, 6) is -2.52. The number of ether oxygens (including phenoxy) is 3. The van der Waals surface area contributed by atoms with Gasteiger partial charge in [0.05, 0.1) is 18.8 Å². The van der Waals surface area contributed by atoms with Crippen molar-refractivity contribution in [1.82, 2.24) is 0 Å². The van der Waals surface area contributed by atoms with Crippen molar-refractivity contribution in [3.63, 3.8) is 0 Å². The van der Waals surface area contributed by atoms with E-state index in [0.29, 0.717) is 17.9 Å². The number of rotatable bonds is 9. The summed E-state index contributed by atoms with van der Waals surface area (Å²) in [4.78, 5) is 45.8. The number of amides is 1. The molecule has 1 rings (SSSR count). The van der Waals surface area contributed by atoms with Crippen LogP contribution in [0, 0.1) is 0 Å². The highest BCUT2D eigenvalue weighted by Gasteiger charge is 2.09. The highest BCUT2D eigenvalue weighted by Crippen LogP contribution is 2.10. The zero-order valence-electron chi connectivity index (χ0n) is 14.7. The van der Waals surface area contributed by atoms with Gasteiger partial charge in [0.15, 0.2) is 6.61 Å². The van der Waals surface area contributed by atoms with E-state index in [0.717, 1.165) is 18.6 Å². The van der Waals surface area contributed by atoms with Gasteiger partial charge in [-0.25, -0.2) is 14.4 Å². The molecule has 0 aliphatic heterocycles. The first-order valence-electron chi connectivity index (χ1n) is 8.04. The summed E-state index contributed by atoms with van der Waals surface area (Å²) in [5, 5.41) is 2.51. The van der Waals surface area contributed by atoms with Crippen LogP contribution in [0.25, 0.3) is 0 Å². The topological polar surface area (TPSA) is 108 Å². The minimum absolute atomic E-state index is 0.190. The van der Waals surface area contributed by atoms with Gasteiger partial charge >= 0.3 is 17.9 Å². The molecule has 0 unspecified atom stereocenters. The van der Waals surface area contributed by atoms with Crippen LogP contribution in [0.4, 0.5) is 5.69 Å². The number of carbonyl (C=O) groups is 4. The Morgan fingerprint density at radius 1 is 0.923 bits per heavy atom. The average Bonchev–Trinajstić information content (AvgIpc) is 2.63. The van der Waals surface area contributed by atoms with E-state index in [1.807, 2.05) is 6.92 Å². The number of anilines is 1. The van der Waals surface area contributed by atoms with Crippen LogP contribution < -0.4 is 5.32 Å². The maximum absolute atomic E-state index is 11.7. The van der Waals surface area contributed by atoms with Crippen LogP contribution in [0.1, 0.15) is 30.6 Å². The fraction of sp³-hybridized carbons (Fsp3) is 0.333. The molecule has 0 spiro atoms. The first-order valence-corrected chi connectivity index (χ1v) is 8.04. The lowest BCUT2D eigenvalue weighted by molar-refractivity contribution is -0.143. The van der Waals surface area contributed by atoms with Gasteiger partial charge in [-0.1, -0.05) is 6.92 Å². The predicted molar refractivity (Wildman–Crippen MR) is 92.4 cm³/mol. The molecule has 0 atom stereocenters. The van der Waals surface area contributed by atoms with Gasteiger partial charge in [0, 0.05) is 17.8 Å². The second kappa shape index (κ2) is 11.4. The van der Waals surface area contributed by atoms with Gasteiger partial charge in [-0.2, -0.15) is 0 Å². The van der Waals surface area contributed by atoms with E-state index in [4.69, 9.17) is 9.47 Å². The Morgan fingerprint density at radius 2 is 1.54 bits per heavy atom. The molecule has 0 aliphatic rings. The molecule has 1 aromatic rings. The lowest BCUT2D eigenvalue weighted by atomic mass is 10.2. The molecule has 8 nitrogen and oxygen atoms in total. The standard InChI is InChI=1S/C18H21NO7/c1-3-11-25-18(23)13-5-7-14(8-6-13)19-15(20)12-26-17(22)10-9-16(21)24-4-2/h5-10H,3-4,11-12H2,1-2H3,(H,19,20)/b10-9+. The summed E-state index contributed by atoms with van der Waals surface area (Å²) < 4.78 is 14.3. The van der Waals surface area contributed by atoms with Gasteiger partial charge in [0.2, 0.25) is 0 Å². The molecular weight excluding hydrogens is 342 g/mol. The van der Waals surface area contributed by atoms with Crippen LogP contribution in [0.2, 0.25) is 0 Å². The first-order chi connectivity index (χ1) is 12.5. The molecule has 1 N–H and O–H groups in total. The van der Waals surface area contributed by atoms with Crippen LogP contribution >= 0.6 is 0 Å². The number of benzene rings is 1. The van der Waals surface area contributed by atoms with Crippen molar-refractivity contribution in [3.05, 3.63) is 42.0 Å². The molecule has 140 valence electrons. The third-order valence-electron chi connectivity index (χ3n) is 2.83. The van der Waals surface area contributed by atoms with Crippen molar-refractivity contribution < 1.29 is 33.4 Å². The minimum Gasteiger partial charge on any atom is -0.463 e. The third-order valence-corrected chi connectivity index (χ3v) is 2.83. The van der Waals surface area contributed by atoms with Gasteiger partial charge in [-0.15, -0.1) is 0 Å². The molecule has 0 radical (unpaired) electrons. The van der Waals surface area contributed by atoms with E-state index < -0.39 is 30.4 Å². The second-order valence-corrected chi connectivity index (χ2v) is 4.95. The summed E-state index contributed by atoms with van der Waals surface area (Å²) in [6.45, 7) is 3.54. The summed E-state index contributed by atoms with van der Waals surface area (Å²) in [6, 6.07) is 6.09. The Labute approximate surface area is 151 Å². The summed E-state index contributed by atoms with van der Waals surface area (Å²) in [6.07, 6.45) is 2.52. The number of hydrogen-bond donors (Lipinski definition) is 1. The van der Waals surface area contributed by atoms with Gasteiger partial charge in [0.1, 0.15) is 0 Å². The Bertz CT molecular complexity index is 665. The lowest BCUT2D eigenvalue weighted by Crippen LogP contribution is -2.20. The number of carbonyl (C=O) groups excluding carboxylic acids is 4. The van der Waals surface area contributed by atoms with Crippen molar-refractivity contribution in [1.29, 1.82) is 0 Å². The average molecular weight is 363 g/mol. The smallest absolute Gasteiger partial charge is 0.338 e. The van der Waals surface area contributed by atoms with Crippen LogP contribution in [0.3, 0.4) is 0 Å². The van der Waals surface area contributed by atoms with E-state index in [-0.39, 0.29) is 6.61 Å². The monoisotopic (exact) mass is 363 g/mol. The minimum atomic E-state index is -0.845. The Kier molecular flexibility index (Phi) is 9.16. The fourth-order valence-electron chi connectivity index (χ4n) is 1.68. The Morgan fingerprint density at radius 3 is 2.12 bits per heavy atom. The van der Waals surface area contributed by atoms with Crippen LogP contribution in [0.15, 0.2) is 36.4 Å². The van der Waals surface area contributed by atoms with Crippen molar-refractivity contribution in [2.75, 3.05) is 25.1 Å². The van der Waals surface area contributed by atoms with Gasteiger partial charge in [0.25, 0.3) is 5.91 Å². The molecule has 0 saturated heterocycles. The number of nitrogens with one attached hydrogen (secondary N) is 1. The molecular formula is C18H21NO7. The van der Waals surface area contributed by atoms with Crippen molar-refractivity contribution in [3.8, 4) is 0 Å². The highest BCUT2D eigenvalue weighted by molar-refractivity contribution is 5.96. The summed E-state index contributed by atoms with van der Waals surface area (Å²) in [7, 11) is 0. The van der Waals surface area contributed by atoms with E-state index in [2.05, 4.69) is 10.1 Å². The molecule has 8 heteroatoms. The zero-order valence-corrected chi connectivity index (χ0v) is 14.7. The van der Waals surface area contributed by atoms with Crippen LogP contribution in [0.5, 0.6) is 0 Å². The maximum Gasteiger partial charge on any atom is 0.338 e. The van der Waals surface area contributed by atoms with Crippen molar-refractivity contribution >= 4 is 29.5 Å². The first kappa shape index (κ1) is 20.9. The number of esters is 3.